The molecule has 2 heterocycles. The Kier molecular flexibility index (Phi) is 2.88. The first-order valence-electron chi connectivity index (χ1n) is 4.88. The van der Waals surface area contributed by atoms with E-state index in [-0.39, 0.29) is 0 Å². The minimum absolute atomic E-state index is 0.612. The Hall–Kier alpha value is -0.810. The van der Waals surface area contributed by atoms with Crippen molar-refractivity contribution in [3.05, 3.63) is 6.07 Å². The SMILES string of the molecule is CN1CCC(CNc2cc(N)ns2)C1. The molecule has 1 fully saturated rings. The number of hydrogen-bond donors (Lipinski definition) is 2. The lowest BCUT2D eigenvalue weighted by atomic mass is 10.1. The van der Waals surface area contributed by atoms with Gasteiger partial charge in [-0.15, -0.1) is 0 Å². The molecular weight excluding hydrogens is 196 g/mol. The van der Waals surface area contributed by atoms with Crippen molar-refractivity contribution < 1.29 is 0 Å². The Bertz CT molecular complexity index is 299. The van der Waals surface area contributed by atoms with Crippen LogP contribution in [0.5, 0.6) is 0 Å². The number of anilines is 2. The highest BCUT2D eigenvalue weighted by Gasteiger charge is 2.18. The lowest BCUT2D eigenvalue weighted by Gasteiger charge is -2.10. The Labute approximate surface area is 88.3 Å². The minimum Gasteiger partial charge on any atom is -0.383 e. The van der Waals surface area contributed by atoms with Crippen LogP contribution in [0.4, 0.5) is 10.8 Å². The fraction of sp³-hybridized carbons (Fsp3) is 0.667. The summed E-state index contributed by atoms with van der Waals surface area (Å²) in [4.78, 5) is 2.37. The summed E-state index contributed by atoms with van der Waals surface area (Å²) in [6.45, 7) is 3.45. The van der Waals surface area contributed by atoms with Gasteiger partial charge in [-0.25, -0.2) is 0 Å². The fourth-order valence-electron chi connectivity index (χ4n) is 1.81. The molecule has 4 nitrogen and oxygen atoms in total. The predicted molar refractivity (Wildman–Crippen MR) is 60.6 cm³/mol. The maximum Gasteiger partial charge on any atom is 0.139 e. The number of likely N-dealkylation sites (tertiary alicyclic amines) is 1. The maximum absolute atomic E-state index is 5.54. The number of hydrogen-bond acceptors (Lipinski definition) is 5. The van der Waals surface area contributed by atoms with Crippen LogP contribution in [0.3, 0.4) is 0 Å². The molecule has 1 saturated heterocycles. The molecule has 0 spiro atoms. The standard InChI is InChI=1S/C9H16N4S/c1-13-3-2-7(6-13)5-11-9-4-8(10)12-14-9/h4,7,11H,2-3,5-6H2,1H3,(H2,10,12). The lowest BCUT2D eigenvalue weighted by molar-refractivity contribution is 0.399. The lowest BCUT2D eigenvalue weighted by Crippen LogP contribution is -2.18. The van der Waals surface area contributed by atoms with Crippen LogP contribution < -0.4 is 11.1 Å². The number of nitrogen functional groups attached to an aromatic ring is 1. The van der Waals surface area contributed by atoms with Gasteiger partial charge in [0.05, 0.1) is 0 Å². The van der Waals surface area contributed by atoms with Gasteiger partial charge < -0.3 is 16.0 Å². The summed E-state index contributed by atoms with van der Waals surface area (Å²) in [5.74, 6) is 1.38. The van der Waals surface area contributed by atoms with Crippen LogP contribution in [0.1, 0.15) is 6.42 Å². The molecule has 2 rings (SSSR count). The summed E-state index contributed by atoms with van der Waals surface area (Å²) in [5.41, 5.74) is 5.54. The number of rotatable bonds is 3. The van der Waals surface area contributed by atoms with Crippen LogP contribution in [-0.4, -0.2) is 36.0 Å². The van der Waals surface area contributed by atoms with E-state index >= 15 is 0 Å². The number of aromatic nitrogens is 1. The molecule has 1 aliphatic rings. The molecule has 0 saturated carbocycles. The Morgan fingerprint density at radius 1 is 1.79 bits per heavy atom. The molecule has 1 aromatic rings. The van der Waals surface area contributed by atoms with Gasteiger partial charge in [0, 0.05) is 19.2 Å². The van der Waals surface area contributed by atoms with Gasteiger partial charge in [-0.1, -0.05) is 0 Å². The first-order chi connectivity index (χ1) is 6.74. The molecule has 0 aromatic carbocycles. The molecular formula is C9H16N4S. The summed E-state index contributed by atoms with van der Waals surface area (Å²) in [5, 5.41) is 4.46. The molecule has 14 heavy (non-hydrogen) atoms. The molecule has 3 N–H and O–H groups in total. The third-order valence-corrected chi connectivity index (χ3v) is 3.34. The van der Waals surface area contributed by atoms with E-state index in [1.54, 1.807) is 0 Å². The molecule has 1 aromatic heterocycles. The van der Waals surface area contributed by atoms with E-state index in [4.69, 9.17) is 5.73 Å². The highest BCUT2D eigenvalue weighted by Crippen LogP contribution is 2.20. The van der Waals surface area contributed by atoms with Crippen LogP contribution in [0.25, 0.3) is 0 Å². The molecule has 0 bridgehead atoms. The third-order valence-electron chi connectivity index (χ3n) is 2.58. The van der Waals surface area contributed by atoms with Gasteiger partial charge in [0.15, 0.2) is 0 Å². The quantitative estimate of drug-likeness (QED) is 0.787. The zero-order valence-corrected chi connectivity index (χ0v) is 9.18. The van der Waals surface area contributed by atoms with Gasteiger partial charge in [-0.05, 0) is 37.5 Å². The van der Waals surface area contributed by atoms with E-state index < -0.39 is 0 Å². The van der Waals surface area contributed by atoms with Gasteiger partial charge in [-0.2, -0.15) is 4.37 Å². The van der Waals surface area contributed by atoms with E-state index in [9.17, 15) is 0 Å². The normalized spacial score (nSPS) is 22.8. The first-order valence-corrected chi connectivity index (χ1v) is 5.66. The van der Waals surface area contributed by atoms with E-state index in [0.717, 1.165) is 17.5 Å². The Morgan fingerprint density at radius 2 is 2.64 bits per heavy atom. The van der Waals surface area contributed by atoms with Gasteiger partial charge in [-0.3, -0.25) is 0 Å². The Morgan fingerprint density at radius 3 is 3.21 bits per heavy atom. The number of nitrogens with two attached hydrogens (primary N) is 1. The fourth-order valence-corrected chi connectivity index (χ4v) is 2.39. The molecule has 0 aliphatic carbocycles. The predicted octanol–water partition coefficient (Wildman–Crippen LogP) is 1.09. The second kappa shape index (κ2) is 4.14. The summed E-state index contributed by atoms with van der Waals surface area (Å²) in [7, 11) is 2.17. The zero-order chi connectivity index (χ0) is 9.97. The number of nitrogens with one attached hydrogen (secondary N) is 1. The summed E-state index contributed by atoms with van der Waals surface area (Å²) >= 11 is 1.43. The van der Waals surface area contributed by atoms with Gasteiger partial charge in [0.1, 0.15) is 10.8 Å². The van der Waals surface area contributed by atoms with E-state index in [0.29, 0.717) is 5.82 Å². The van der Waals surface area contributed by atoms with Crippen molar-refractivity contribution >= 4 is 22.4 Å². The second-order valence-electron chi connectivity index (χ2n) is 3.91. The van der Waals surface area contributed by atoms with E-state index in [1.807, 2.05) is 6.07 Å². The Balaban J connectivity index is 1.77. The van der Waals surface area contributed by atoms with Crippen LogP contribution in [0, 0.1) is 5.92 Å². The average molecular weight is 212 g/mol. The molecule has 5 heteroatoms. The molecule has 1 aliphatic heterocycles. The van der Waals surface area contributed by atoms with E-state index in [1.165, 1.54) is 31.0 Å². The largest absolute Gasteiger partial charge is 0.383 e. The first kappa shape index (κ1) is 9.73. The maximum atomic E-state index is 5.54. The van der Waals surface area contributed by atoms with Gasteiger partial charge >= 0.3 is 0 Å². The van der Waals surface area contributed by atoms with Crippen molar-refractivity contribution in [2.45, 2.75) is 6.42 Å². The highest BCUT2D eigenvalue weighted by molar-refractivity contribution is 7.10. The van der Waals surface area contributed by atoms with Crippen LogP contribution in [0.2, 0.25) is 0 Å². The smallest absolute Gasteiger partial charge is 0.139 e. The topological polar surface area (TPSA) is 54.2 Å². The van der Waals surface area contributed by atoms with Crippen molar-refractivity contribution in [1.82, 2.24) is 9.27 Å². The monoisotopic (exact) mass is 212 g/mol. The van der Waals surface area contributed by atoms with Gasteiger partial charge in [0.25, 0.3) is 0 Å². The van der Waals surface area contributed by atoms with Gasteiger partial charge in [0.2, 0.25) is 0 Å². The van der Waals surface area contributed by atoms with Crippen LogP contribution in [0.15, 0.2) is 6.07 Å². The molecule has 1 atom stereocenters. The average Bonchev–Trinajstić information content (AvgIpc) is 2.72. The molecule has 0 radical (unpaired) electrons. The summed E-state index contributed by atoms with van der Waals surface area (Å²) in [6, 6.07) is 1.89. The van der Waals surface area contributed by atoms with Crippen molar-refractivity contribution in [2.24, 2.45) is 5.92 Å². The zero-order valence-electron chi connectivity index (χ0n) is 8.36. The molecule has 78 valence electrons. The van der Waals surface area contributed by atoms with Crippen molar-refractivity contribution in [2.75, 3.05) is 37.7 Å². The van der Waals surface area contributed by atoms with Crippen LogP contribution in [-0.2, 0) is 0 Å². The third kappa shape index (κ3) is 2.36. The minimum atomic E-state index is 0.612. The molecule has 0 amide bonds. The second-order valence-corrected chi connectivity index (χ2v) is 4.72. The summed E-state index contributed by atoms with van der Waals surface area (Å²) in [6.07, 6.45) is 1.29. The highest BCUT2D eigenvalue weighted by atomic mass is 32.1. The van der Waals surface area contributed by atoms with Crippen molar-refractivity contribution in [1.29, 1.82) is 0 Å². The van der Waals surface area contributed by atoms with E-state index in [2.05, 4.69) is 21.6 Å². The van der Waals surface area contributed by atoms with Crippen LogP contribution >= 0.6 is 11.5 Å². The van der Waals surface area contributed by atoms with Crippen molar-refractivity contribution in [3.8, 4) is 0 Å². The summed E-state index contributed by atoms with van der Waals surface area (Å²) < 4.78 is 4.02. The molecule has 1 unspecified atom stereocenters. The van der Waals surface area contributed by atoms with Crippen molar-refractivity contribution in [3.63, 3.8) is 0 Å². The number of nitrogens with zero attached hydrogens (tertiary/aromatic N) is 2.